The lowest BCUT2D eigenvalue weighted by Gasteiger charge is -2.44. The minimum atomic E-state index is -0.160. The number of rotatable bonds is 4. The van der Waals surface area contributed by atoms with Crippen LogP contribution in [0.1, 0.15) is 23.4 Å². The van der Waals surface area contributed by atoms with Gasteiger partial charge in [-0.15, -0.1) is 0 Å². The van der Waals surface area contributed by atoms with Crippen LogP contribution in [0, 0.1) is 5.92 Å². The Labute approximate surface area is 135 Å². The van der Waals surface area contributed by atoms with Crippen molar-refractivity contribution >= 4 is 5.91 Å². The molecule has 2 aromatic rings. The summed E-state index contributed by atoms with van der Waals surface area (Å²) < 4.78 is 11.1. The van der Waals surface area contributed by atoms with Crippen LogP contribution in [0.4, 0.5) is 0 Å². The maximum absolute atomic E-state index is 12.4. The molecule has 1 N–H and O–H groups in total. The number of carbonyl (C=O) groups excluding carboxylic acids is 1. The van der Waals surface area contributed by atoms with Gasteiger partial charge in [0, 0.05) is 18.7 Å². The van der Waals surface area contributed by atoms with Gasteiger partial charge in [0.2, 0.25) is 0 Å². The van der Waals surface area contributed by atoms with Gasteiger partial charge >= 0.3 is 0 Å². The van der Waals surface area contributed by atoms with Crippen LogP contribution in [0.2, 0.25) is 0 Å². The summed E-state index contributed by atoms with van der Waals surface area (Å²) in [5, 5.41) is 3.11. The first-order valence-electron chi connectivity index (χ1n) is 8.14. The molecule has 1 atom stereocenters. The van der Waals surface area contributed by atoms with Gasteiger partial charge < -0.3 is 19.4 Å². The second kappa shape index (κ2) is 6.08. The minimum absolute atomic E-state index is 0.160. The van der Waals surface area contributed by atoms with Crippen LogP contribution >= 0.6 is 0 Å². The van der Waals surface area contributed by atoms with Crippen molar-refractivity contribution in [3.8, 4) is 11.7 Å². The zero-order chi connectivity index (χ0) is 15.6. The first kappa shape index (κ1) is 14.3. The molecular formula is C18H20N2O3. The van der Waals surface area contributed by atoms with E-state index in [2.05, 4.69) is 10.2 Å². The van der Waals surface area contributed by atoms with E-state index in [0.717, 1.165) is 19.6 Å². The lowest BCUT2D eigenvalue weighted by molar-refractivity contribution is 0.0603. The molecule has 3 fully saturated rings. The molecule has 3 aliphatic rings. The molecule has 3 aliphatic heterocycles. The Bertz CT molecular complexity index is 675. The highest BCUT2D eigenvalue weighted by atomic mass is 16.6. The molecular weight excluding hydrogens is 292 g/mol. The van der Waals surface area contributed by atoms with Gasteiger partial charge in [-0.25, -0.2) is 0 Å². The van der Waals surface area contributed by atoms with Crippen LogP contribution in [0.3, 0.4) is 0 Å². The molecule has 3 saturated heterocycles. The molecule has 0 radical (unpaired) electrons. The van der Waals surface area contributed by atoms with Gasteiger partial charge in [-0.05, 0) is 50.0 Å². The summed E-state index contributed by atoms with van der Waals surface area (Å²) in [5.74, 6) is 1.75. The number of benzene rings is 1. The van der Waals surface area contributed by atoms with Gasteiger partial charge in [0.25, 0.3) is 11.9 Å². The smallest absolute Gasteiger partial charge is 0.290 e. The Morgan fingerprint density at radius 1 is 1.13 bits per heavy atom. The van der Waals surface area contributed by atoms with Crippen LogP contribution < -0.4 is 10.1 Å². The third-order valence-corrected chi connectivity index (χ3v) is 4.74. The van der Waals surface area contributed by atoms with E-state index in [4.69, 9.17) is 9.15 Å². The molecule has 5 nitrogen and oxygen atoms in total. The number of piperidine rings is 3. The average Bonchev–Trinajstić information content (AvgIpc) is 3.05. The third kappa shape index (κ3) is 3.10. The number of ether oxygens (including phenoxy) is 1. The zero-order valence-electron chi connectivity index (χ0n) is 12.9. The number of carbonyl (C=O) groups is 1. The Balaban J connectivity index is 1.39. The van der Waals surface area contributed by atoms with Crippen LogP contribution in [0.15, 0.2) is 46.9 Å². The van der Waals surface area contributed by atoms with E-state index in [0.29, 0.717) is 23.4 Å². The molecule has 120 valence electrons. The molecule has 23 heavy (non-hydrogen) atoms. The molecule has 1 unspecified atom stereocenters. The minimum Gasteiger partial charge on any atom is -0.426 e. The summed E-state index contributed by atoms with van der Waals surface area (Å²) in [6, 6.07) is 13.0. The van der Waals surface area contributed by atoms with Gasteiger partial charge in [-0.2, -0.15) is 0 Å². The predicted molar refractivity (Wildman–Crippen MR) is 85.6 cm³/mol. The van der Waals surface area contributed by atoms with Crippen molar-refractivity contribution in [3.63, 3.8) is 0 Å². The number of amides is 1. The number of hydrogen-bond donors (Lipinski definition) is 1. The van der Waals surface area contributed by atoms with E-state index in [1.807, 2.05) is 30.3 Å². The molecule has 1 amide bonds. The molecule has 5 heteroatoms. The van der Waals surface area contributed by atoms with Crippen molar-refractivity contribution in [2.75, 3.05) is 19.6 Å². The van der Waals surface area contributed by atoms with Crippen LogP contribution in [-0.4, -0.2) is 36.5 Å². The maximum atomic E-state index is 12.4. The number of fused-ring (bicyclic) bond motifs is 3. The highest BCUT2D eigenvalue weighted by Crippen LogP contribution is 2.28. The molecule has 1 aromatic heterocycles. The highest BCUT2D eigenvalue weighted by Gasteiger charge is 2.35. The quantitative estimate of drug-likeness (QED) is 0.943. The lowest BCUT2D eigenvalue weighted by Crippen LogP contribution is -2.57. The number of nitrogens with one attached hydrogen (secondary N) is 1. The Morgan fingerprint density at radius 3 is 2.61 bits per heavy atom. The first-order chi connectivity index (χ1) is 11.3. The molecule has 4 heterocycles. The van der Waals surface area contributed by atoms with Gasteiger partial charge in [-0.1, -0.05) is 18.2 Å². The summed E-state index contributed by atoms with van der Waals surface area (Å²) in [7, 11) is 0. The van der Waals surface area contributed by atoms with Crippen molar-refractivity contribution < 1.29 is 13.9 Å². The largest absolute Gasteiger partial charge is 0.426 e. The van der Waals surface area contributed by atoms with E-state index in [1.54, 1.807) is 12.1 Å². The SMILES string of the molecule is O=C(NC1CN2CCC1CC2)c1ccc(Oc2ccccc2)o1. The zero-order valence-corrected chi connectivity index (χ0v) is 12.9. The van der Waals surface area contributed by atoms with Crippen LogP contribution in [0.5, 0.6) is 11.7 Å². The van der Waals surface area contributed by atoms with E-state index in [9.17, 15) is 4.79 Å². The number of furan rings is 1. The topological polar surface area (TPSA) is 54.7 Å². The second-order valence-electron chi connectivity index (χ2n) is 6.25. The summed E-state index contributed by atoms with van der Waals surface area (Å²) >= 11 is 0. The Hall–Kier alpha value is -2.27. The molecule has 0 aliphatic carbocycles. The third-order valence-electron chi connectivity index (χ3n) is 4.74. The van der Waals surface area contributed by atoms with Crippen LogP contribution in [-0.2, 0) is 0 Å². The molecule has 1 aromatic carbocycles. The summed E-state index contributed by atoms with van der Waals surface area (Å²) in [4.78, 5) is 14.8. The van der Waals surface area contributed by atoms with Crippen molar-refractivity contribution in [3.05, 3.63) is 48.2 Å². The Kier molecular flexibility index (Phi) is 3.79. The van der Waals surface area contributed by atoms with Gasteiger partial charge in [-0.3, -0.25) is 4.79 Å². The lowest BCUT2D eigenvalue weighted by atomic mass is 9.84. The fraction of sp³-hybridized carbons (Fsp3) is 0.389. The van der Waals surface area contributed by atoms with Gasteiger partial charge in [0.1, 0.15) is 5.75 Å². The molecule has 0 saturated carbocycles. The fourth-order valence-corrected chi connectivity index (χ4v) is 3.47. The predicted octanol–water partition coefficient (Wildman–Crippen LogP) is 2.90. The highest BCUT2D eigenvalue weighted by molar-refractivity contribution is 5.91. The first-order valence-corrected chi connectivity index (χ1v) is 8.14. The number of hydrogen-bond acceptors (Lipinski definition) is 4. The van der Waals surface area contributed by atoms with Crippen molar-refractivity contribution in [2.24, 2.45) is 5.92 Å². The molecule has 5 rings (SSSR count). The van der Waals surface area contributed by atoms with E-state index < -0.39 is 0 Å². The van der Waals surface area contributed by atoms with Crippen molar-refractivity contribution in [1.29, 1.82) is 0 Å². The number of para-hydroxylation sites is 1. The number of nitrogens with zero attached hydrogens (tertiary/aromatic N) is 1. The van der Waals surface area contributed by atoms with Crippen LogP contribution in [0.25, 0.3) is 0 Å². The van der Waals surface area contributed by atoms with Crippen molar-refractivity contribution in [1.82, 2.24) is 10.2 Å². The van der Waals surface area contributed by atoms with Gasteiger partial charge in [0.15, 0.2) is 5.76 Å². The second-order valence-corrected chi connectivity index (χ2v) is 6.25. The van der Waals surface area contributed by atoms with E-state index in [1.165, 1.54) is 12.8 Å². The monoisotopic (exact) mass is 312 g/mol. The normalized spacial score (nSPS) is 26.0. The average molecular weight is 312 g/mol. The summed E-state index contributed by atoms with van der Waals surface area (Å²) in [6.45, 7) is 3.27. The summed E-state index contributed by atoms with van der Waals surface area (Å²) in [6.07, 6.45) is 2.34. The van der Waals surface area contributed by atoms with Gasteiger partial charge in [0.05, 0.1) is 0 Å². The standard InChI is InChI=1S/C18H20N2O3/c21-18(19-15-12-20-10-8-13(15)9-11-20)16-6-7-17(23-16)22-14-4-2-1-3-5-14/h1-7,13,15H,8-12H2,(H,19,21). The maximum Gasteiger partial charge on any atom is 0.290 e. The van der Waals surface area contributed by atoms with E-state index >= 15 is 0 Å². The van der Waals surface area contributed by atoms with E-state index in [-0.39, 0.29) is 11.9 Å². The summed E-state index contributed by atoms with van der Waals surface area (Å²) in [5.41, 5.74) is 0. The molecule has 2 bridgehead atoms. The Morgan fingerprint density at radius 2 is 1.91 bits per heavy atom. The fourth-order valence-electron chi connectivity index (χ4n) is 3.47. The molecule has 0 spiro atoms. The van der Waals surface area contributed by atoms with Crippen molar-refractivity contribution in [2.45, 2.75) is 18.9 Å².